The second-order valence-corrected chi connectivity index (χ2v) is 11.4. The molecule has 0 unspecified atom stereocenters. The number of sulfone groups is 1. The highest BCUT2D eigenvalue weighted by Gasteiger charge is 2.58. The number of carbonyl (C=O) groups excluding carboxylic acids is 2. The van der Waals surface area contributed by atoms with Gasteiger partial charge in [-0.3, -0.25) is 9.59 Å². The lowest BCUT2D eigenvalue weighted by molar-refractivity contribution is -0.142. The van der Waals surface area contributed by atoms with Crippen molar-refractivity contribution in [2.75, 3.05) is 13.2 Å². The molecule has 2 aromatic rings. The standard InChI is InChI=1S/C25H25FO6S2/c1-3-31-24(27)22-18-14-19(15-8-6-5-7-9-15)33-21(18)20(16-10-12-17(26)13-11-16)23(34(22,29)30)25(28)32-4-2/h5-13,19-20,22-23H,3-4,14H2,1-2H3/t19-,20+,22+,23+/m0/s1. The van der Waals surface area contributed by atoms with Gasteiger partial charge in [0.1, 0.15) is 5.82 Å². The van der Waals surface area contributed by atoms with Crippen LogP contribution in [0.15, 0.2) is 65.1 Å². The van der Waals surface area contributed by atoms with Crippen LogP contribution in [0, 0.1) is 5.82 Å². The van der Waals surface area contributed by atoms with Gasteiger partial charge in [0.25, 0.3) is 0 Å². The summed E-state index contributed by atoms with van der Waals surface area (Å²) in [5, 5.41) is -3.37. The molecule has 6 nitrogen and oxygen atoms in total. The van der Waals surface area contributed by atoms with Gasteiger partial charge in [-0.1, -0.05) is 42.5 Å². The quantitative estimate of drug-likeness (QED) is 0.541. The highest BCUT2D eigenvalue weighted by atomic mass is 32.2. The maximum Gasteiger partial charge on any atom is 0.328 e. The predicted molar refractivity (Wildman–Crippen MR) is 127 cm³/mol. The Kier molecular flexibility index (Phi) is 7.14. The topological polar surface area (TPSA) is 86.7 Å². The smallest absolute Gasteiger partial charge is 0.328 e. The van der Waals surface area contributed by atoms with Gasteiger partial charge in [-0.2, -0.15) is 0 Å². The molecule has 0 saturated carbocycles. The van der Waals surface area contributed by atoms with E-state index in [1.165, 1.54) is 36.0 Å². The van der Waals surface area contributed by atoms with Crippen LogP contribution in [0.2, 0.25) is 0 Å². The van der Waals surface area contributed by atoms with Crippen molar-refractivity contribution >= 4 is 33.5 Å². The van der Waals surface area contributed by atoms with Crippen molar-refractivity contribution in [3.8, 4) is 0 Å². The Morgan fingerprint density at radius 1 is 0.941 bits per heavy atom. The molecule has 2 aliphatic heterocycles. The number of carbonyl (C=O) groups is 2. The summed E-state index contributed by atoms with van der Waals surface area (Å²) in [6, 6.07) is 15.0. The third-order valence-corrected chi connectivity index (χ3v) is 9.80. The van der Waals surface area contributed by atoms with Crippen LogP contribution in [-0.2, 0) is 28.9 Å². The molecule has 0 aromatic heterocycles. The molecule has 0 saturated heterocycles. The van der Waals surface area contributed by atoms with Crippen molar-refractivity contribution in [3.05, 3.63) is 82.0 Å². The van der Waals surface area contributed by atoms with Crippen molar-refractivity contribution in [2.45, 2.75) is 41.9 Å². The minimum Gasteiger partial charge on any atom is -0.465 e. The number of halogens is 1. The summed E-state index contributed by atoms with van der Waals surface area (Å²) in [7, 11) is -4.39. The SMILES string of the molecule is CCOC(=O)[C@H]1C2=C(S[C@H](c3ccccc3)C2)[C@@H](c2ccc(F)cc2)[C@H](C(=O)OCC)S1(=O)=O. The van der Waals surface area contributed by atoms with E-state index in [0.717, 1.165) is 5.56 Å². The van der Waals surface area contributed by atoms with Crippen LogP contribution in [0.25, 0.3) is 0 Å². The minimum atomic E-state index is -4.39. The summed E-state index contributed by atoms with van der Waals surface area (Å²) >= 11 is 1.44. The van der Waals surface area contributed by atoms with Crippen molar-refractivity contribution in [2.24, 2.45) is 0 Å². The van der Waals surface area contributed by atoms with E-state index in [-0.39, 0.29) is 18.5 Å². The summed E-state index contributed by atoms with van der Waals surface area (Å²) < 4.78 is 51.7. The Morgan fingerprint density at radius 2 is 1.56 bits per heavy atom. The Labute approximate surface area is 202 Å². The Balaban J connectivity index is 1.91. The zero-order valence-corrected chi connectivity index (χ0v) is 20.4. The third-order valence-electron chi connectivity index (χ3n) is 6.00. The normalized spacial score (nSPS) is 25.5. The molecule has 2 aliphatic rings. The first-order valence-corrected chi connectivity index (χ1v) is 13.5. The first kappa shape index (κ1) is 24.5. The molecule has 4 atom stereocenters. The summed E-state index contributed by atoms with van der Waals surface area (Å²) in [5.74, 6) is -3.21. The van der Waals surface area contributed by atoms with Gasteiger partial charge in [-0.05, 0) is 54.0 Å². The van der Waals surface area contributed by atoms with Gasteiger partial charge in [0.05, 0.1) is 13.2 Å². The van der Waals surface area contributed by atoms with Gasteiger partial charge < -0.3 is 9.47 Å². The van der Waals surface area contributed by atoms with Crippen LogP contribution < -0.4 is 0 Å². The van der Waals surface area contributed by atoms with E-state index in [1.54, 1.807) is 13.8 Å². The van der Waals surface area contributed by atoms with E-state index >= 15 is 0 Å². The van der Waals surface area contributed by atoms with Crippen LogP contribution >= 0.6 is 11.8 Å². The predicted octanol–water partition coefficient (Wildman–Crippen LogP) is 4.33. The summed E-state index contributed by atoms with van der Waals surface area (Å²) in [5.41, 5.74) is 1.89. The van der Waals surface area contributed by atoms with E-state index in [0.29, 0.717) is 22.5 Å². The summed E-state index contributed by atoms with van der Waals surface area (Å²) in [4.78, 5) is 26.7. The molecule has 34 heavy (non-hydrogen) atoms. The molecule has 0 radical (unpaired) electrons. The molecule has 0 amide bonds. The van der Waals surface area contributed by atoms with E-state index in [4.69, 9.17) is 9.47 Å². The van der Waals surface area contributed by atoms with Crippen LogP contribution in [0.4, 0.5) is 4.39 Å². The number of esters is 2. The molecule has 2 heterocycles. The van der Waals surface area contributed by atoms with E-state index in [2.05, 4.69) is 0 Å². The van der Waals surface area contributed by atoms with Gasteiger partial charge in [0, 0.05) is 11.2 Å². The fourth-order valence-corrected chi connectivity index (χ4v) is 8.64. The van der Waals surface area contributed by atoms with Crippen LogP contribution in [0.1, 0.15) is 42.6 Å². The van der Waals surface area contributed by atoms with Crippen LogP contribution in [0.3, 0.4) is 0 Å². The molecule has 0 spiro atoms. The summed E-state index contributed by atoms with van der Waals surface area (Å²) in [6.45, 7) is 3.18. The number of hydrogen-bond donors (Lipinski definition) is 0. The molecule has 0 bridgehead atoms. The van der Waals surface area contributed by atoms with Gasteiger partial charge in [0.2, 0.25) is 0 Å². The second kappa shape index (κ2) is 9.92. The fraction of sp³-hybridized carbons (Fsp3) is 0.360. The lowest BCUT2D eigenvalue weighted by atomic mass is 9.89. The molecular formula is C25H25FO6S2. The molecule has 180 valence electrons. The number of allylic oxidation sites excluding steroid dienone is 1. The molecule has 4 rings (SSSR count). The monoisotopic (exact) mass is 504 g/mol. The first-order chi connectivity index (χ1) is 16.3. The largest absolute Gasteiger partial charge is 0.465 e. The van der Waals surface area contributed by atoms with Crippen molar-refractivity contribution < 1.29 is 31.9 Å². The van der Waals surface area contributed by atoms with Crippen molar-refractivity contribution in [1.29, 1.82) is 0 Å². The second-order valence-electron chi connectivity index (χ2n) is 8.03. The first-order valence-electron chi connectivity index (χ1n) is 11.1. The molecule has 9 heteroatoms. The number of ether oxygens (including phenoxy) is 2. The number of benzene rings is 2. The number of hydrogen-bond acceptors (Lipinski definition) is 7. The Hall–Kier alpha value is -2.65. The molecular weight excluding hydrogens is 479 g/mol. The highest BCUT2D eigenvalue weighted by molar-refractivity contribution is 8.04. The van der Waals surface area contributed by atoms with E-state index in [9.17, 15) is 22.4 Å². The fourth-order valence-electron chi connectivity index (χ4n) is 4.59. The maximum absolute atomic E-state index is 13.9. The molecule has 0 aliphatic carbocycles. The Bertz CT molecular complexity index is 1210. The van der Waals surface area contributed by atoms with Gasteiger partial charge in [0.15, 0.2) is 20.3 Å². The summed E-state index contributed by atoms with van der Waals surface area (Å²) in [6.07, 6.45) is 0.319. The highest BCUT2D eigenvalue weighted by Crippen LogP contribution is 2.58. The Morgan fingerprint density at radius 3 is 2.18 bits per heavy atom. The van der Waals surface area contributed by atoms with E-state index < -0.39 is 44.0 Å². The average molecular weight is 505 g/mol. The number of rotatable bonds is 6. The molecule has 0 fully saturated rings. The van der Waals surface area contributed by atoms with Crippen LogP contribution in [0.5, 0.6) is 0 Å². The van der Waals surface area contributed by atoms with E-state index in [1.807, 2.05) is 30.3 Å². The lowest BCUT2D eigenvalue weighted by Gasteiger charge is -2.35. The molecule has 0 N–H and O–H groups in total. The van der Waals surface area contributed by atoms with Crippen molar-refractivity contribution in [3.63, 3.8) is 0 Å². The average Bonchev–Trinajstić information content (AvgIpc) is 3.23. The van der Waals surface area contributed by atoms with Gasteiger partial charge >= 0.3 is 11.9 Å². The maximum atomic E-state index is 13.9. The minimum absolute atomic E-state index is 0.00812. The van der Waals surface area contributed by atoms with Gasteiger partial charge in [-0.15, -0.1) is 11.8 Å². The third kappa shape index (κ3) is 4.38. The van der Waals surface area contributed by atoms with Gasteiger partial charge in [-0.25, -0.2) is 12.8 Å². The van der Waals surface area contributed by atoms with Crippen LogP contribution in [-0.4, -0.2) is 44.1 Å². The zero-order valence-electron chi connectivity index (χ0n) is 18.8. The number of thioether (sulfide) groups is 1. The van der Waals surface area contributed by atoms with Crippen molar-refractivity contribution in [1.82, 2.24) is 0 Å². The lowest BCUT2D eigenvalue weighted by Crippen LogP contribution is -2.50. The zero-order chi connectivity index (χ0) is 24.5. The molecule has 2 aromatic carbocycles.